The summed E-state index contributed by atoms with van der Waals surface area (Å²) in [6, 6.07) is 5.31. The summed E-state index contributed by atoms with van der Waals surface area (Å²) in [6.45, 7) is 0.235. The highest BCUT2D eigenvalue weighted by Gasteiger charge is 2.31. The molecule has 30 heavy (non-hydrogen) atoms. The highest BCUT2D eigenvalue weighted by Crippen LogP contribution is 2.31. The minimum atomic E-state index is -4.67. The molecule has 3 aromatic rings. The Hall–Kier alpha value is -3.47. The fourth-order valence-electron chi connectivity index (χ4n) is 2.73. The van der Waals surface area contributed by atoms with Gasteiger partial charge in [-0.3, -0.25) is 4.98 Å². The molecule has 0 radical (unpaired) electrons. The Morgan fingerprint density at radius 1 is 1.23 bits per heavy atom. The molecule has 0 amide bonds. The smallest absolute Gasteiger partial charge is 0.416 e. The number of rotatable bonds is 7. The lowest BCUT2D eigenvalue weighted by Crippen LogP contribution is -2.12. The van der Waals surface area contributed by atoms with Gasteiger partial charge < -0.3 is 15.6 Å². The number of alkyl halides is 3. The Bertz CT molecular complexity index is 1070. The van der Waals surface area contributed by atoms with Crippen molar-refractivity contribution in [1.29, 1.82) is 0 Å². The van der Waals surface area contributed by atoms with Gasteiger partial charge in [-0.15, -0.1) is 5.10 Å². The molecular formula is C19H16F4N4O3. The van der Waals surface area contributed by atoms with Gasteiger partial charge in [-0.25, -0.2) is 13.9 Å². The second-order valence-corrected chi connectivity index (χ2v) is 6.26. The number of hydrogen-bond acceptors (Lipinski definition) is 5. The molecule has 158 valence electrons. The molecule has 3 rings (SSSR count). The summed E-state index contributed by atoms with van der Waals surface area (Å²) in [5, 5.41) is 13.4. The standard InChI is InChI=1S/C19H16F4N4O3/c20-13-6-11(5-12(8-13)19(21,22)23)7-14-9-15(1-3-25-14)27-10-16(18(28)29)17(26-27)30-4-2-24/h1,3,5-6,8-10H,2,4,7,24H2,(H,28,29). The van der Waals surface area contributed by atoms with Crippen molar-refractivity contribution in [2.75, 3.05) is 13.2 Å². The van der Waals surface area contributed by atoms with Crippen LogP contribution in [0.3, 0.4) is 0 Å². The maximum absolute atomic E-state index is 13.6. The summed E-state index contributed by atoms with van der Waals surface area (Å²) < 4.78 is 58.8. The number of carbonyl (C=O) groups is 1. The van der Waals surface area contributed by atoms with Crippen LogP contribution >= 0.6 is 0 Å². The number of aromatic carboxylic acids is 1. The van der Waals surface area contributed by atoms with Crippen molar-refractivity contribution < 1.29 is 32.2 Å². The van der Waals surface area contributed by atoms with Gasteiger partial charge >= 0.3 is 12.1 Å². The SMILES string of the molecule is NCCOc1nn(-c2ccnc(Cc3cc(F)cc(C(F)(F)F)c3)c2)cc1C(=O)O. The molecule has 0 fully saturated rings. The van der Waals surface area contributed by atoms with E-state index in [9.17, 15) is 27.5 Å². The van der Waals surface area contributed by atoms with Crippen LogP contribution in [0.15, 0.2) is 42.7 Å². The Labute approximate surface area is 167 Å². The molecule has 0 aliphatic rings. The van der Waals surface area contributed by atoms with Crippen molar-refractivity contribution >= 4 is 5.97 Å². The van der Waals surface area contributed by atoms with E-state index in [1.54, 1.807) is 0 Å². The Morgan fingerprint density at radius 2 is 2.00 bits per heavy atom. The minimum absolute atomic E-state index is 0.0694. The van der Waals surface area contributed by atoms with Gasteiger partial charge in [0.25, 0.3) is 0 Å². The van der Waals surface area contributed by atoms with Crippen LogP contribution in [0, 0.1) is 5.82 Å². The second-order valence-electron chi connectivity index (χ2n) is 6.26. The maximum atomic E-state index is 13.6. The fraction of sp³-hybridized carbons (Fsp3) is 0.211. The quantitative estimate of drug-likeness (QED) is 0.565. The van der Waals surface area contributed by atoms with E-state index in [-0.39, 0.29) is 36.6 Å². The van der Waals surface area contributed by atoms with Gasteiger partial charge in [0.05, 0.1) is 11.3 Å². The van der Waals surface area contributed by atoms with Crippen LogP contribution in [0.5, 0.6) is 5.88 Å². The normalized spacial score (nSPS) is 11.5. The molecule has 2 aromatic heterocycles. The molecule has 0 saturated heterocycles. The molecule has 3 N–H and O–H groups in total. The highest BCUT2D eigenvalue weighted by atomic mass is 19.4. The topological polar surface area (TPSA) is 103 Å². The molecule has 0 saturated carbocycles. The van der Waals surface area contributed by atoms with E-state index < -0.39 is 23.5 Å². The summed E-state index contributed by atoms with van der Waals surface area (Å²) in [6.07, 6.45) is -2.12. The number of carboxylic acid groups (broad SMARTS) is 1. The number of hydrogen-bond donors (Lipinski definition) is 2. The molecule has 0 aliphatic carbocycles. The number of halogens is 4. The highest BCUT2D eigenvalue weighted by molar-refractivity contribution is 5.90. The zero-order valence-electron chi connectivity index (χ0n) is 15.4. The molecule has 0 unspecified atom stereocenters. The van der Waals surface area contributed by atoms with Gasteiger partial charge in [0.2, 0.25) is 5.88 Å². The first kappa shape index (κ1) is 21.2. The largest absolute Gasteiger partial charge is 0.477 e. The van der Waals surface area contributed by atoms with Gasteiger partial charge in [0.15, 0.2) is 0 Å². The van der Waals surface area contributed by atoms with Gasteiger partial charge in [-0.05, 0) is 35.9 Å². The van der Waals surface area contributed by atoms with Crippen LogP contribution in [0.2, 0.25) is 0 Å². The van der Waals surface area contributed by atoms with Crippen LogP contribution in [-0.2, 0) is 12.6 Å². The number of carboxylic acids is 1. The van der Waals surface area contributed by atoms with E-state index in [0.29, 0.717) is 17.4 Å². The van der Waals surface area contributed by atoms with E-state index >= 15 is 0 Å². The number of nitrogens with zero attached hydrogens (tertiary/aromatic N) is 3. The number of aromatic nitrogens is 3. The Balaban J connectivity index is 1.91. The second kappa shape index (κ2) is 8.49. The molecule has 0 spiro atoms. The number of nitrogens with two attached hydrogens (primary N) is 1. The van der Waals surface area contributed by atoms with E-state index in [1.807, 2.05) is 0 Å². The molecule has 0 aliphatic heterocycles. The number of pyridine rings is 1. The van der Waals surface area contributed by atoms with E-state index in [0.717, 1.165) is 12.1 Å². The summed E-state index contributed by atoms with van der Waals surface area (Å²) in [7, 11) is 0. The van der Waals surface area contributed by atoms with Crippen LogP contribution < -0.4 is 10.5 Å². The number of ether oxygens (including phenoxy) is 1. The number of benzene rings is 1. The lowest BCUT2D eigenvalue weighted by atomic mass is 10.0. The molecule has 7 nitrogen and oxygen atoms in total. The summed E-state index contributed by atoms with van der Waals surface area (Å²) in [5.74, 6) is -2.37. The first-order chi connectivity index (χ1) is 14.2. The van der Waals surface area contributed by atoms with E-state index in [1.165, 1.54) is 29.2 Å². The molecule has 2 heterocycles. The molecule has 1 aromatic carbocycles. The zero-order chi connectivity index (χ0) is 21.9. The Morgan fingerprint density at radius 3 is 2.67 bits per heavy atom. The lowest BCUT2D eigenvalue weighted by molar-refractivity contribution is -0.137. The van der Waals surface area contributed by atoms with E-state index in [4.69, 9.17) is 10.5 Å². The fourth-order valence-corrected chi connectivity index (χ4v) is 2.73. The zero-order valence-corrected chi connectivity index (χ0v) is 15.4. The predicted octanol–water partition coefficient (Wildman–Crippen LogP) is 3.05. The third-order valence-corrected chi connectivity index (χ3v) is 4.00. The lowest BCUT2D eigenvalue weighted by Gasteiger charge is -2.10. The van der Waals surface area contributed by atoms with Crippen molar-refractivity contribution in [2.45, 2.75) is 12.6 Å². The van der Waals surface area contributed by atoms with Gasteiger partial charge in [-0.2, -0.15) is 13.2 Å². The average molecular weight is 424 g/mol. The molecule has 11 heteroatoms. The first-order valence-electron chi connectivity index (χ1n) is 8.65. The van der Waals surface area contributed by atoms with Crippen molar-refractivity contribution in [3.8, 4) is 11.6 Å². The molecular weight excluding hydrogens is 408 g/mol. The van der Waals surface area contributed by atoms with Crippen LogP contribution in [0.25, 0.3) is 5.69 Å². The van der Waals surface area contributed by atoms with E-state index in [2.05, 4.69) is 10.1 Å². The van der Waals surface area contributed by atoms with Crippen LogP contribution in [0.4, 0.5) is 17.6 Å². The minimum Gasteiger partial charge on any atom is -0.477 e. The Kier molecular flexibility index (Phi) is 6.01. The molecule has 0 bridgehead atoms. The van der Waals surface area contributed by atoms with Gasteiger partial charge in [0, 0.05) is 31.1 Å². The summed E-state index contributed by atoms with van der Waals surface area (Å²) >= 11 is 0. The summed E-state index contributed by atoms with van der Waals surface area (Å²) in [5.41, 5.74) is 4.91. The third-order valence-electron chi connectivity index (χ3n) is 4.00. The van der Waals surface area contributed by atoms with Crippen molar-refractivity contribution in [3.05, 3.63) is 70.9 Å². The predicted molar refractivity (Wildman–Crippen MR) is 97.1 cm³/mol. The van der Waals surface area contributed by atoms with Crippen LogP contribution in [0.1, 0.15) is 27.2 Å². The third kappa shape index (κ3) is 4.92. The van der Waals surface area contributed by atoms with Crippen molar-refractivity contribution in [2.24, 2.45) is 5.73 Å². The van der Waals surface area contributed by atoms with Crippen molar-refractivity contribution in [1.82, 2.24) is 14.8 Å². The summed E-state index contributed by atoms with van der Waals surface area (Å²) in [4.78, 5) is 15.5. The van der Waals surface area contributed by atoms with Crippen LogP contribution in [-0.4, -0.2) is 39.0 Å². The monoisotopic (exact) mass is 424 g/mol. The molecule has 0 atom stereocenters. The maximum Gasteiger partial charge on any atom is 0.416 e. The van der Waals surface area contributed by atoms with Gasteiger partial charge in [0.1, 0.15) is 18.0 Å². The van der Waals surface area contributed by atoms with Gasteiger partial charge in [-0.1, -0.05) is 0 Å². The average Bonchev–Trinajstić information content (AvgIpc) is 3.10. The van der Waals surface area contributed by atoms with Crippen molar-refractivity contribution in [3.63, 3.8) is 0 Å². The first-order valence-corrected chi connectivity index (χ1v) is 8.65.